The van der Waals surface area contributed by atoms with Gasteiger partial charge < -0.3 is 9.47 Å². The predicted molar refractivity (Wildman–Crippen MR) is 94.0 cm³/mol. The SMILES string of the molecule is CCOc1ccc(N2C(=O)C3C(C(=O)OC)=NN(C(C)=O)C3(C)C2=O)cc1. The molecule has 2 aliphatic rings. The van der Waals surface area contributed by atoms with Crippen LogP contribution in [0.1, 0.15) is 20.8 Å². The molecular formula is C18H19N3O6. The van der Waals surface area contributed by atoms with Gasteiger partial charge in [0.25, 0.3) is 5.91 Å². The molecule has 9 heteroatoms. The summed E-state index contributed by atoms with van der Waals surface area (Å²) in [4.78, 5) is 51.3. The van der Waals surface area contributed by atoms with Gasteiger partial charge in [0, 0.05) is 6.92 Å². The number of fused-ring (bicyclic) bond motifs is 1. The van der Waals surface area contributed by atoms with E-state index in [1.165, 1.54) is 13.8 Å². The summed E-state index contributed by atoms with van der Waals surface area (Å²) in [5, 5.41) is 4.81. The summed E-state index contributed by atoms with van der Waals surface area (Å²) < 4.78 is 10.0. The Morgan fingerprint density at radius 2 is 1.85 bits per heavy atom. The molecular weight excluding hydrogens is 354 g/mol. The molecule has 2 aliphatic heterocycles. The van der Waals surface area contributed by atoms with E-state index in [0.717, 1.165) is 17.0 Å². The molecule has 0 saturated carbocycles. The van der Waals surface area contributed by atoms with Gasteiger partial charge >= 0.3 is 5.97 Å². The zero-order valence-corrected chi connectivity index (χ0v) is 15.4. The van der Waals surface area contributed by atoms with Crippen LogP contribution in [0.3, 0.4) is 0 Å². The molecule has 0 N–H and O–H groups in total. The average Bonchev–Trinajstić information content (AvgIpc) is 3.06. The highest BCUT2D eigenvalue weighted by atomic mass is 16.5. The van der Waals surface area contributed by atoms with Gasteiger partial charge in [-0.2, -0.15) is 5.10 Å². The number of methoxy groups -OCH3 is 1. The first-order valence-corrected chi connectivity index (χ1v) is 8.36. The molecule has 9 nitrogen and oxygen atoms in total. The molecule has 27 heavy (non-hydrogen) atoms. The molecule has 0 bridgehead atoms. The zero-order chi connectivity index (χ0) is 19.9. The normalized spacial score (nSPS) is 24.0. The Hall–Kier alpha value is -3.23. The lowest BCUT2D eigenvalue weighted by Crippen LogP contribution is -2.52. The number of amides is 3. The summed E-state index contributed by atoms with van der Waals surface area (Å²) in [7, 11) is 1.14. The lowest BCUT2D eigenvalue weighted by atomic mass is 9.85. The minimum Gasteiger partial charge on any atom is -0.494 e. The predicted octanol–water partition coefficient (Wildman–Crippen LogP) is 0.724. The van der Waals surface area contributed by atoms with Gasteiger partial charge in [-0.1, -0.05) is 0 Å². The van der Waals surface area contributed by atoms with Crippen LogP contribution in [-0.4, -0.2) is 53.7 Å². The highest BCUT2D eigenvalue weighted by molar-refractivity contribution is 6.47. The van der Waals surface area contributed by atoms with Crippen LogP contribution < -0.4 is 9.64 Å². The van der Waals surface area contributed by atoms with Gasteiger partial charge in [-0.05, 0) is 38.1 Å². The molecule has 3 rings (SSSR count). The van der Waals surface area contributed by atoms with Gasteiger partial charge in [0.1, 0.15) is 11.7 Å². The molecule has 1 fully saturated rings. The number of benzene rings is 1. The summed E-state index contributed by atoms with van der Waals surface area (Å²) >= 11 is 0. The highest BCUT2D eigenvalue weighted by Crippen LogP contribution is 2.43. The highest BCUT2D eigenvalue weighted by Gasteiger charge is 2.67. The number of hydrogen-bond donors (Lipinski definition) is 0. The smallest absolute Gasteiger partial charge is 0.355 e. The summed E-state index contributed by atoms with van der Waals surface area (Å²) in [6, 6.07) is 6.40. The largest absolute Gasteiger partial charge is 0.494 e. The van der Waals surface area contributed by atoms with Crippen LogP contribution in [0, 0.1) is 5.92 Å². The van der Waals surface area contributed by atoms with E-state index in [2.05, 4.69) is 9.84 Å². The van der Waals surface area contributed by atoms with E-state index in [1.807, 2.05) is 6.92 Å². The van der Waals surface area contributed by atoms with Gasteiger partial charge in [0.05, 0.1) is 19.4 Å². The molecule has 1 aromatic rings. The molecule has 0 radical (unpaired) electrons. The Kier molecular flexibility index (Phi) is 4.46. The van der Waals surface area contributed by atoms with Crippen molar-refractivity contribution in [1.82, 2.24) is 5.01 Å². The fourth-order valence-corrected chi connectivity index (χ4v) is 3.45. The summed E-state index contributed by atoms with van der Waals surface area (Å²) in [6.07, 6.45) is 0. The Labute approximate surface area is 155 Å². The van der Waals surface area contributed by atoms with Crippen molar-refractivity contribution >= 4 is 35.1 Å². The third kappa shape index (κ3) is 2.57. The summed E-state index contributed by atoms with van der Waals surface area (Å²) in [6.45, 7) is 4.96. The second kappa shape index (κ2) is 6.49. The van der Waals surface area contributed by atoms with Crippen molar-refractivity contribution in [3.63, 3.8) is 0 Å². The lowest BCUT2D eigenvalue weighted by Gasteiger charge is -2.28. The number of carbonyl (C=O) groups is 4. The van der Waals surface area contributed by atoms with E-state index in [4.69, 9.17) is 4.74 Å². The van der Waals surface area contributed by atoms with Crippen LogP contribution in [0.25, 0.3) is 0 Å². The molecule has 1 aromatic carbocycles. The first-order chi connectivity index (χ1) is 12.8. The van der Waals surface area contributed by atoms with Crippen molar-refractivity contribution in [2.24, 2.45) is 11.0 Å². The van der Waals surface area contributed by atoms with Crippen LogP contribution in [0.5, 0.6) is 5.75 Å². The molecule has 2 atom stereocenters. The standard InChI is InChI=1S/C18H19N3O6/c1-5-27-12-8-6-11(7-9-12)20-15(23)13-14(16(24)26-4)19-21(10(2)22)18(13,3)17(20)25/h6-9,13H,5H2,1-4H3. The van der Waals surface area contributed by atoms with Gasteiger partial charge in [0.15, 0.2) is 11.3 Å². The van der Waals surface area contributed by atoms with Crippen molar-refractivity contribution in [2.45, 2.75) is 26.3 Å². The molecule has 0 aliphatic carbocycles. The second-order valence-corrected chi connectivity index (χ2v) is 6.29. The molecule has 1 saturated heterocycles. The van der Waals surface area contributed by atoms with Crippen LogP contribution in [0.2, 0.25) is 0 Å². The van der Waals surface area contributed by atoms with Gasteiger partial charge in [-0.3, -0.25) is 14.4 Å². The number of anilines is 1. The van der Waals surface area contributed by atoms with Crippen molar-refractivity contribution in [1.29, 1.82) is 0 Å². The van der Waals surface area contributed by atoms with E-state index in [-0.39, 0.29) is 5.71 Å². The molecule has 0 spiro atoms. The number of imide groups is 1. The topological polar surface area (TPSA) is 106 Å². The maximum Gasteiger partial charge on any atom is 0.355 e. The summed E-state index contributed by atoms with van der Waals surface area (Å²) in [5.74, 6) is -3.33. The fourth-order valence-electron chi connectivity index (χ4n) is 3.45. The molecule has 3 amide bonds. The van der Waals surface area contributed by atoms with Crippen molar-refractivity contribution in [3.8, 4) is 5.75 Å². The van der Waals surface area contributed by atoms with E-state index in [9.17, 15) is 19.2 Å². The third-order valence-corrected chi connectivity index (χ3v) is 4.69. The van der Waals surface area contributed by atoms with Crippen LogP contribution in [0.4, 0.5) is 5.69 Å². The van der Waals surface area contributed by atoms with Crippen LogP contribution in [-0.2, 0) is 23.9 Å². The first kappa shape index (κ1) is 18.6. The lowest BCUT2D eigenvalue weighted by molar-refractivity contribution is -0.142. The van der Waals surface area contributed by atoms with Crippen molar-refractivity contribution in [2.75, 3.05) is 18.6 Å². The Bertz CT molecular complexity index is 862. The third-order valence-electron chi connectivity index (χ3n) is 4.69. The molecule has 0 aromatic heterocycles. The Morgan fingerprint density at radius 1 is 1.22 bits per heavy atom. The Morgan fingerprint density at radius 3 is 2.37 bits per heavy atom. The molecule has 142 valence electrons. The fraction of sp³-hybridized carbons (Fsp3) is 0.389. The number of rotatable bonds is 4. The van der Waals surface area contributed by atoms with E-state index >= 15 is 0 Å². The minimum atomic E-state index is -1.62. The summed E-state index contributed by atoms with van der Waals surface area (Å²) in [5.41, 5.74) is -1.57. The van der Waals surface area contributed by atoms with Crippen LogP contribution in [0.15, 0.2) is 29.4 Å². The maximum atomic E-state index is 13.2. The van der Waals surface area contributed by atoms with E-state index in [1.54, 1.807) is 24.3 Å². The first-order valence-electron chi connectivity index (χ1n) is 8.36. The quantitative estimate of drug-likeness (QED) is 0.569. The van der Waals surface area contributed by atoms with Crippen LogP contribution >= 0.6 is 0 Å². The maximum absolute atomic E-state index is 13.2. The number of hydrazone groups is 1. The van der Waals surface area contributed by atoms with E-state index in [0.29, 0.717) is 18.0 Å². The molecule has 2 heterocycles. The van der Waals surface area contributed by atoms with E-state index < -0.39 is 35.1 Å². The monoisotopic (exact) mass is 373 g/mol. The number of ether oxygens (including phenoxy) is 2. The second-order valence-electron chi connectivity index (χ2n) is 6.29. The number of hydrogen-bond acceptors (Lipinski definition) is 7. The number of esters is 1. The Balaban J connectivity index is 2.06. The van der Waals surface area contributed by atoms with Gasteiger partial charge in [-0.15, -0.1) is 0 Å². The van der Waals surface area contributed by atoms with Gasteiger partial charge in [-0.25, -0.2) is 14.7 Å². The molecule has 2 unspecified atom stereocenters. The zero-order valence-electron chi connectivity index (χ0n) is 15.4. The van der Waals surface area contributed by atoms with Gasteiger partial charge in [0.2, 0.25) is 11.8 Å². The average molecular weight is 373 g/mol. The minimum absolute atomic E-state index is 0.262. The number of nitrogens with zero attached hydrogens (tertiary/aromatic N) is 3. The number of carbonyl (C=O) groups excluding carboxylic acids is 4. The van der Waals surface area contributed by atoms with Crippen molar-refractivity contribution < 1.29 is 28.7 Å². The van der Waals surface area contributed by atoms with Crippen molar-refractivity contribution in [3.05, 3.63) is 24.3 Å².